The Morgan fingerprint density at radius 3 is 2.48 bits per heavy atom. The molecule has 21 heavy (non-hydrogen) atoms. The zero-order valence-corrected chi connectivity index (χ0v) is 13.1. The first-order valence-electron chi connectivity index (χ1n) is 7.99. The minimum absolute atomic E-state index is 0.0207. The molecule has 0 bridgehead atoms. The lowest BCUT2D eigenvalue weighted by atomic mass is 10.1. The summed E-state index contributed by atoms with van der Waals surface area (Å²) in [6.07, 6.45) is 5.78. The Kier molecular flexibility index (Phi) is 5.48. The first-order valence-corrected chi connectivity index (χ1v) is 7.99. The number of rotatable bonds is 5. The third kappa shape index (κ3) is 4.66. The van der Waals surface area contributed by atoms with Crippen LogP contribution in [0.5, 0.6) is 0 Å². The Hall–Kier alpha value is -1.71. The van der Waals surface area contributed by atoms with Crippen molar-refractivity contribution in [2.24, 2.45) is 5.92 Å². The molecular formula is C17H27N3O. The highest BCUT2D eigenvalue weighted by molar-refractivity contribution is 5.89. The van der Waals surface area contributed by atoms with Crippen molar-refractivity contribution in [3.63, 3.8) is 0 Å². The molecule has 1 aromatic carbocycles. The first kappa shape index (κ1) is 15.7. The van der Waals surface area contributed by atoms with Crippen molar-refractivity contribution in [1.82, 2.24) is 4.90 Å². The lowest BCUT2D eigenvalue weighted by Crippen LogP contribution is -2.42. The highest BCUT2D eigenvalue weighted by Gasteiger charge is 2.26. The molecular weight excluding hydrogens is 262 g/mol. The molecule has 116 valence electrons. The van der Waals surface area contributed by atoms with Gasteiger partial charge in [0.2, 0.25) is 0 Å². The zero-order chi connectivity index (χ0) is 15.2. The maximum absolute atomic E-state index is 12.6. The number of hydrogen-bond donors (Lipinski definition) is 2. The maximum atomic E-state index is 12.6. The van der Waals surface area contributed by atoms with Crippen molar-refractivity contribution < 1.29 is 4.79 Å². The van der Waals surface area contributed by atoms with Crippen LogP contribution in [0.15, 0.2) is 24.3 Å². The monoisotopic (exact) mass is 289 g/mol. The average molecular weight is 289 g/mol. The van der Waals surface area contributed by atoms with Crippen LogP contribution >= 0.6 is 0 Å². The number of urea groups is 1. The summed E-state index contributed by atoms with van der Waals surface area (Å²) in [6, 6.07) is 7.74. The number of carbonyl (C=O) groups excluding carboxylic acids is 1. The van der Waals surface area contributed by atoms with Gasteiger partial charge in [-0.2, -0.15) is 0 Å². The second-order valence-corrected chi connectivity index (χ2v) is 6.37. The molecule has 0 radical (unpaired) electrons. The number of nitrogen functional groups attached to an aromatic ring is 1. The van der Waals surface area contributed by atoms with Crippen LogP contribution in [0.25, 0.3) is 0 Å². The third-order valence-corrected chi connectivity index (χ3v) is 4.14. The summed E-state index contributed by atoms with van der Waals surface area (Å²) in [6.45, 7) is 5.23. The van der Waals surface area contributed by atoms with Gasteiger partial charge in [-0.25, -0.2) is 4.79 Å². The van der Waals surface area contributed by atoms with Gasteiger partial charge in [0.05, 0.1) is 0 Å². The molecule has 4 heteroatoms. The highest BCUT2D eigenvalue weighted by Crippen LogP contribution is 2.25. The molecule has 1 aromatic rings. The molecule has 0 aliphatic heterocycles. The molecule has 0 atom stereocenters. The number of nitrogens with two attached hydrogens (primary N) is 1. The summed E-state index contributed by atoms with van der Waals surface area (Å²) in [5, 5.41) is 3.00. The minimum Gasteiger partial charge on any atom is -0.399 e. The van der Waals surface area contributed by atoms with Gasteiger partial charge in [0.1, 0.15) is 0 Å². The fourth-order valence-corrected chi connectivity index (χ4v) is 2.82. The zero-order valence-electron chi connectivity index (χ0n) is 13.1. The van der Waals surface area contributed by atoms with Gasteiger partial charge in [-0.3, -0.25) is 0 Å². The largest absolute Gasteiger partial charge is 0.399 e. The highest BCUT2D eigenvalue weighted by atomic mass is 16.2. The minimum atomic E-state index is 0.0207. The van der Waals surface area contributed by atoms with E-state index in [4.69, 9.17) is 5.73 Å². The van der Waals surface area contributed by atoms with E-state index in [1.165, 1.54) is 12.8 Å². The lowest BCUT2D eigenvalue weighted by Gasteiger charge is -2.30. The van der Waals surface area contributed by atoms with E-state index in [1.807, 2.05) is 29.2 Å². The predicted octanol–water partition coefficient (Wildman–Crippen LogP) is 4.09. The van der Waals surface area contributed by atoms with Crippen LogP contribution < -0.4 is 11.1 Å². The van der Waals surface area contributed by atoms with Crippen LogP contribution in [0.2, 0.25) is 0 Å². The van der Waals surface area contributed by atoms with Crippen LogP contribution in [-0.4, -0.2) is 23.5 Å². The number of nitrogens with zero attached hydrogens (tertiary/aromatic N) is 1. The van der Waals surface area contributed by atoms with Gasteiger partial charge >= 0.3 is 6.03 Å². The van der Waals surface area contributed by atoms with Crippen molar-refractivity contribution in [3.05, 3.63) is 24.3 Å². The molecule has 2 rings (SSSR count). The summed E-state index contributed by atoms with van der Waals surface area (Å²) in [7, 11) is 0. The van der Waals surface area contributed by atoms with Crippen LogP contribution in [0.4, 0.5) is 16.2 Å². The summed E-state index contributed by atoms with van der Waals surface area (Å²) < 4.78 is 0. The molecule has 3 N–H and O–H groups in total. The molecule has 0 aromatic heterocycles. The van der Waals surface area contributed by atoms with E-state index in [0.717, 1.165) is 31.5 Å². The molecule has 1 saturated carbocycles. The Morgan fingerprint density at radius 2 is 1.90 bits per heavy atom. The second-order valence-electron chi connectivity index (χ2n) is 6.37. The second kappa shape index (κ2) is 7.34. The Morgan fingerprint density at radius 1 is 1.29 bits per heavy atom. The van der Waals surface area contributed by atoms with Crippen LogP contribution in [0, 0.1) is 5.92 Å². The molecule has 2 amide bonds. The number of benzene rings is 1. The van der Waals surface area contributed by atoms with E-state index in [1.54, 1.807) is 0 Å². The quantitative estimate of drug-likeness (QED) is 0.802. The SMILES string of the molecule is CC(C)CCN(C(=O)Nc1ccc(N)cc1)C1CCCC1. The molecule has 0 saturated heterocycles. The molecule has 1 fully saturated rings. The number of amides is 2. The molecule has 4 nitrogen and oxygen atoms in total. The van der Waals surface area contributed by atoms with E-state index >= 15 is 0 Å². The van der Waals surface area contributed by atoms with Gasteiger partial charge in [0.25, 0.3) is 0 Å². The summed E-state index contributed by atoms with van der Waals surface area (Å²) in [5.41, 5.74) is 7.19. The topological polar surface area (TPSA) is 58.4 Å². The molecule has 1 aliphatic carbocycles. The van der Waals surface area contributed by atoms with Crippen LogP contribution in [-0.2, 0) is 0 Å². The Labute approximate surface area is 127 Å². The summed E-state index contributed by atoms with van der Waals surface area (Å²) in [5.74, 6) is 0.609. The molecule has 1 aliphatic rings. The van der Waals surface area contributed by atoms with Crippen molar-refractivity contribution >= 4 is 17.4 Å². The maximum Gasteiger partial charge on any atom is 0.322 e. The number of anilines is 2. The molecule has 0 heterocycles. The van der Waals surface area contributed by atoms with Gasteiger partial charge in [-0.1, -0.05) is 26.7 Å². The van der Waals surface area contributed by atoms with Crippen molar-refractivity contribution in [2.45, 2.75) is 52.0 Å². The van der Waals surface area contributed by atoms with E-state index in [9.17, 15) is 4.79 Å². The van der Waals surface area contributed by atoms with Crippen molar-refractivity contribution in [2.75, 3.05) is 17.6 Å². The molecule has 0 unspecified atom stereocenters. The van der Waals surface area contributed by atoms with Gasteiger partial charge in [0.15, 0.2) is 0 Å². The normalized spacial score (nSPS) is 15.4. The summed E-state index contributed by atoms with van der Waals surface area (Å²) in [4.78, 5) is 14.6. The number of hydrogen-bond acceptors (Lipinski definition) is 2. The average Bonchev–Trinajstić information content (AvgIpc) is 2.95. The van der Waals surface area contributed by atoms with E-state index in [-0.39, 0.29) is 6.03 Å². The van der Waals surface area contributed by atoms with Crippen LogP contribution in [0.1, 0.15) is 46.0 Å². The smallest absolute Gasteiger partial charge is 0.322 e. The third-order valence-electron chi connectivity index (χ3n) is 4.14. The van der Waals surface area contributed by atoms with E-state index < -0.39 is 0 Å². The van der Waals surface area contributed by atoms with Gasteiger partial charge in [-0.15, -0.1) is 0 Å². The van der Waals surface area contributed by atoms with Gasteiger partial charge in [-0.05, 0) is 49.4 Å². The van der Waals surface area contributed by atoms with E-state index in [0.29, 0.717) is 17.6 Å². The molecule has 0 spiro atoms. The van der Waals surface area contributed by atoms with Gasteiger partial charge < -0.3 is 16.0 Å². The Balaban J connectivity index is 2.00. The summed E-state index contributed by atoms with van der Waals surface area (Å²) >= 11 is 0. The Bertz CT molecular complexity index is 450. The number of nitrogens with one attached hydrogen (secondary N) is 1. The lowest BCUT2D eigenvalue weighted by molar-refractivity contribution is 0.184. The van der Waals surface area contributed by atoms with Crippen LogP contribution in [0.3, 0.4) is 0 Å². The van der Waals surface area contributed by atoms with Gasteiger partial charge in [0, 0.05) is 24.0 Å². The fraction of sp³-hybridized carbons (Fsp3) is 0.588. The first-order chi connectivity index (χ1) is 10.1. The number of carbonyl (C=O) groups is 1. The van der Waals surface area contributed by atoms with Crippen molar-refractivity contribution in [1.29, 1.82) is 0 Å². The fourth-order valence-electron chi connectivity index (χ4n) is 2.82. The van der Waals surface area contributed by atoms with Crippen molar-refractivity contribution in [3.8, 4) is 0 Å². The standard InChI is InChI=1S/C17H27N3O/c1-13(2)11-12-20(16-5-3-4-6-16)17(21)19-15-9-7-14(18)8-10-15/h7-10,13,16H,3-6,11-12,18H2,1-2H3,(H,19,21). The predicted molar refractivity (Wildman–Crippen MR) is 88.3 cm³/mol. The van der Waals surface area contributed by atoms with E-state index in [2.05, 4.69) is 19.2 Å².